The number of esters is 1. The van der Waals surface area contributed by atoms with Crippen LogP contribution >= 0.6 is 25.8 Å². The molecule has 63 heavy (non-hydrogen) atoms. The number of phenolic OH excluding ortho intramolecular Hbond substituents is 1. The maximum absolute atomic E-state index is 15.9. The summed E-state index contributed by atoms with van der Waals surface area (Å²) in [7, 11) is -3.71. The first-order valence-corrected chi connectivity index (χ1v) is 24.1. The van der Waals surface area contributed by atoms with E-state index in [0.717, 1.165) is 11.4 Å². The van der Waals surface area contributed by atoms with Crippen molar-refractivity contribution in [1.82, 2.24) is 39.0 Å². The Hall–Kier alpha value is -5.26. The van der Waals surface area contributed by atoms with Gasteiger partial charge in [-0.25, -0.2) is 29.3 Å². The van der Waals surface area contributed by atoms with Gasteiger partial charge in [-0.15, -0.1) is 0 Å². The third-order valence-corrected chi connectivity index (χ3v) is 18.3. The predicted octanol–water partition coefficient (Wildman–Crippen LogP) is 2.91. The molecule has 2 bridgehead atoms. The van der Waals surface area contributed by atoms with Crippen molar-refractivity contribution in [2.75, 3.05) is 31.8 Å². The van der Waals surface area contributed by atoms with Gasteiger partial charge in [0.1, 0.15) is 41.7 Å². The molecule has 10 rings (SSSR count). The second-order valence-electron chi connectivity index (χ2n) is 15.6. The van der Waals surface area contributed by atoms with E-state index in [-0.39, 0.29) is 45.7 Å². The fourth-order valence-corrected chi connectivity index (χ4v) is 15.8. The third-order valence-electron chi connectivity index (χ3n) is 12.0. The highest BCUT2D eigenvalue weighted by Gasteiger charge is 2.76. The molecule has 0 radical (unpaired) electrons. The van der Waals surface area contributed by atoms with E-state index in [0.29, 0.717) is 23.1 Å². The number of phosphoric ester groups is 1. The van der Waals surface area contributed by atoms with E-state index >= 15 is 4.57 Å². The summed E-state index contributed by atoms with van der Waals surface area (Å²) in [6, 6.07) is 11.3. The molecule has 2 unspecified atom stereocenters. The number of aromatic hydroxyl groups is 1. The summed E-state index contributed by atoms with van der Waals surface area (Å²) in [5.74, 6) is -0.916. The fraction of sp³-hybridized carbons (Fsp3) is 0.378. The number of nitrogens with two attached hydrogens (primary N) is 2. The number of benzene rings is 2. The number of nitrogens with zero attached hydrogens (tertiary/aromatic N) is 7. The van der Waals surface area contributed by atoms with Gasteiger partial charge in [-0.05, 0) is 54.3 Å². The van der Waals surface area contributed by atoms with Crippen LogP contribution < -0.4 is 21.8 Å². The number of hydrogen-bond donors (Lipinski definition) is 6. The maximum Gasteiger partial charge on any atom is 0.472 e. The molecule has 2 aliphatic carbocycles. The monoisotopic (exact) mass is 924 g/mol. The van der Waals surface area contributed by atoms with Gasteiger partial charge in [-0.3, -0.25) is 28.0 Å². The molecule has 2 saturated carbocycles. The van der Waals surface area contributed by atoms with Crippen molar-refractivity contribution in [1.29, 1.82) is 0 Å². The van der Waals surface area contributed by atoms with Crippen LogP contribution in [0.5, 0.6) is 11.5 Å². The van der Waals surface area contributed by atoms with E-state index in [9.17, 15) is 29.3 Å². The lowest BCUT2D eigenvalue weighted by atomic mass is 10.0. The highest BCUT2D eigenvalue weighted by molar-refractivity contribution is 8.56. The standard InChI is InChI=1S/C37H38N10O13P2S/c1-55-27-22-11-56-61(52,63-12-17-2-8-20(9-3-17)58-35(51)18-4-6-19(48)7-5-18)29-26(49)25(46-15-42-23-30(38)40-14-41-31(23)46)21-10-37(21,29)13-57-62(53,54)60-28(27)34(59-22)47-16-43-24-32(47)44-36(39)45-33(24)50/h2-9,14-16,21-22,25-29,34,48-49H,10-13H2,1H3,(H,53,54)(H2,38,40,41)(H3,39,44,45,50)/t21-,22-,25-,26+,27-,28-,29+,34-,37?,61-/m1/s1. The molecule has 11 atom stereocenters. The third kappa shape index (κ3) is 7.19. The maximum atomic E-state index is 15.9. The van der Waals surface area contributed by atoms with Crippen LogP contribution in [0, 0.1) is 11.3 Å². The highest BCUT2D eigenvalue weighted by Crippen LogP contribution is 2.82. The van der Waals surface area contributed by atoms with Gasteiger partial charge >= 0.3 is 13.8 Å². The molecule has 2 aromatic carbocycles. The number of imidazole rings is 2. The van der Waals surface area contributed by atoms with Crippen LogP contribution in [0.15, 0.2) is 72.3 Å². The number of carbonyl (C=O) groups excluding carboxylic acids is 1. The summed E-state index contributed by atoms with van der Waals surface area (Å²) in [6.45, 7) is -5.10. The second kappa shape index (κ2) is 15.5. The molecule has 0 amide bonds. The SMILES string of the molecule is CO[C@H]1[C@H]2OP(=O)(O)OCC34C[C@@H]3[C@@H](n3cnc5c(N)ncnc53)[C@H](O)[C@@H]4[P@](=O)(SCc3ccc(OC(=O)c4ccc(O)cc4)cc3)OC[C@H]1O[C@H]2n1cnc2c(=O)[nH]c(N)nc21. The number of carbonyl (C=O) groups is 1. The van der Waals surface area contributed by atoms with Crippen LogP contribution in [0.1, 0.15) is 34.6 Å². The Morgan fingerprint density at radius 3 is 2.52 bits per heavy atom. The number of nitrogen functional groups attached to an aromatic ring is 2. The van der Waals surface area contributed by atoms with Gasteiger partial charge in [-0.1, -0.05) is 23.5 Å². The quantitative estimate of drug-likeness (QED) is 0.0726. The van der Waals surface area contributed by atoms with E-state index in [1.807, 2.05) is 0 Å². The molecular weight excluding hydrogens is 886 g/mol. The van der Waals surface area contributed by atoms with Gasteiger partial charge in [0.25, 0.3) is 12.1 Å². The Labute approximate surface area is 358 Å². The van der Waals surface area contributed by atoms with E-state index < -0.39 is 92.8 Å². The first kappa shape index (κ1) is 41.7. The van der Waals surface area contributed by atoms with Gasteiger partial charge in [0.2, 0.25) is 5.95 Å². The van der Waals surface area contributed by atoms with Crippen molar-refractivity contribution >= 4 is 65.8 Å². The number of phenols is 1. The van der Waals surface area contributed by atoms with Crippen molar-refractivity contribution < 1.29 is 56.8 Å². The van der Waals surface area contributed by atoms with Crippen LogP contribution in [0.25, 0.3) is 22.3 Å². The smallest absolute Gasteiger partial charge is 0.472 e. The molecule has 6 aromatic rings. The summed E-state index contributed by atoms with van der Waals surface area (Å²) in [5, 5.41) is 22.0. The van der Waals surface area contributed by atoms with Crippen LogP contribution in [0.4, 0.5) is 11.8 Å². The Morgan fingerprint density at radius 2 is 1.76 bits per heavy atom. The lowest BCUT2D eigenvalue weighted by Crippen LogP contribution is -2.40. The minimum atomic E-state index is -5.03. The number of ether oxygens (including phenoxy) is 3. The van der Waals surface area contributed by atoms with Gasteiger partial charge in [0, 0.05) is 18.3 Å². The molecule has 4 aromatic heterocycles. The van der Waals surface area contributed by atoms with Crippen molar-refractivity contribution in [3.63, 3.8) is 0 Å². The number of aliphatic hydroxyl groups is 1. The number of anilines is 2. The predicted molar refractivity (Wildman–Crippen MR) is 221 cm³/mol. The number of fused-ring (bicyclic) bond motifs is 4. The van der Waals surface area contributed by atoms with Crippen molar-refractivity contribution in [2.45, 2.75) is 54.5 Å². The normalized spacial score (nSPS) is 32.7. The summed E-state index contributed by atoms with van der Waals surface area (Å²) in [6.07, 6.45) is -2.15. The van der Waals surface area contributed by atoms with E-state index in [2.05, 4.69) is 29.9 Å². The Kier molecular flexibility index (Phi) is 10.2. The van der Waals surface area contributed by atoms with Gasteiger partial charge < -0.3 is 49.9 Å². The largest absolute Gasteiger partial charge is 0.508 e. The minimum absolute atomic E-state index is 0.000167. The molecular formula is C37H38N10O13P2S. The molecule has 4 fully saturated rings. The number of H-pyrrole nitrogens is 1. The number of aromatic nitrogens is 8. The number of phosphoric acid groups is 1. The zero-order chi connectivity index (χ0) is 44.0. The Balaban J connectivity index is 1.00. The van der Waals surface area contributed by atoms with E-state index in [1.54, 1.807) is 28.8 Å². The molecule has 8 N–H and O–H groups in total. The fourth-order valence-electron chi connectivity index (χ4n) is 9.05. The number of nitrogens with one attached hydrogen (secondary N) is 1. The van der Waals surface area contributed by atoms with Crippen LogP contribution in [0.3, 0.4) is 0 Å². The van der Waals surface area contributed by atoms with Crippen LogP contribution in [-0.2, 0) is 37.9 Å². The summed E-state index contributed by atoms with van der Waals surface area (Å²) < 4.78 is 68.8. The molecule has 6 heterocycles. The minimum Gasteiger partial charge on any atom is -0.508 e. The number of aromatic amines is 1. The van der Waals surface area contributed by atoms with Crippen molar-refractivity contribution in [3.05, 3.63) is 89.0 Å². The summed E-state index contributed by atoms with van der Waals surface area (Å²) in [4.78, 5) is 60.3. The summed E-state index contributed by atoms with van der Waals surface area (Å²) in [5.41, 5.74) is 10.3. The average molecular weight is 925 g/mol. The van der Waals surface area contributed by atoms with E-state index in [4.69, 9.17) is 39.2 Å². The summed E-state index contributed by atoms with van der Waals surface area (Å²) >= 11 is 0.950. The number of hydrogen-bond acceptors (Lipinski definition) is 20. The Morgan fingerprint density at radius 1 is 1.02 bits per heavy atom. The molecule has 23 nitrogen and oxygen atoms in total. The number of aliphatic hydroxyl groups excluding tert-OH is 1. The molecule has 26 heteroatoms. The second-order valence-corrected chi connectivity index (χ2v) is 21.7. The van der Waals surface area contributed by atoms with Gasteiger partial charge in [-0.2, -0.15) is 4.98 Å². The van der Waals surface area contributed by atoms with E-state index in [1.165, 1.54) is 54.9 Å². The number of rotatable bonds is 8. The van der Waals surface area contributed by atoms with Crippen LogP contribution in [-0.4, -0.2) is 111 Å². The molecule has 1 spiro atoms. The first-order chi connectivity index (χ1) is 30.2. The molecule has 2 aliphatic heterocycles. The highest BCUT2D eigenvalue weighted by atomic mass is 32.7. The topological polar surface area (TPSA) is 326 Å². The molecule has 2 saturated heterocycles. The molecule has 4 aliphatic rings. The number of methoxy groups -OCH3 is 1. The zero-order valence-corrected chi connectivity index (χ0v) is 35.4. The molecule has 330 valence electrons. The lowest BCUT2D eigenvalue weighted by molar-refractivity contribution is -0.0487. The lowest BCUT2D eigenvalue weighted by Gasteiger charge is -2.35. The van der Waals surface area contributed by atoms with Crippen LogP contribution in [0.2, 0.25) is 0 Å². The average Bonchev–Trinajstić information content (AvgIpc) is 3.58. The Bertz CT molecular complexity index is 2920. The van der Waals surface area contributed by atoms with Crippen molar-refractivity contribution in [2.24, 2.45) is 11.3 Å². The zero-order valence-electron chi connectivity index (χ0n) is 32.8. The van der Waals surface area contributed by atoms with Gasteiger partial charge in [0.05, 0.1) is 49.2 Å². The van der Waals surface area contributed by atoms with Crippen molar-refractivity contribution in [3.8, 4) is 11.5 Å². The van der Waals surface area contributed by atoms with Gasteiger partial charge in [0.15, 0.2) is 28.9 Å². The first-order valence-electron chi connectivity index (χ1n) is 19.3.